The highest BCUT2D eigenvalue weighted by Gasteiger charge is 2.26. The molecule has 1 aromatic carbocycles. The molecule has 2 rings (SSSR count). The fourth-order valence-corrected chi connectivity index (χ4v) is 2.71. The van der Waals surface area contributed by atoms with Crippen LogP contribution in [0.15, 0.2) is 18.2 Å². The first-order valence-electron chi connectivity index (χ1n) is 7.51. The quantitative estimate of drug-likeness (QED) is 0.859. The third-order valence-electron chi connectivity index (χ3n) is 4.11. The Morgan fingerprint density at radius 2 is 1.85 bits per heavy atom. The summed E-state index contributed by atoms with van der Waals surface area (Å²) in [4.78, 5) is 4.84. The Labute approximate surface area is 122 Å². The Balaban J connectivity index is 2.17. The summed E-state index contributed by atoms with van der Waals surface area (Å²) in [6, 6.07) is 7.14. The van der Waals surface area contributed by atoms with Crippen LogP contribution in [0, 0.1) is 0 Å². The molecule has 0 bridgehead atoms. The molecule has 0 amide bonds. The van der Waals surface area contributed by atoms with Crippen molar-refractivity contribution in [3.63, 3.8) is 0 Å². The summed E-state index contributed by atoms with van der Waals surface area (Å²) in [6.45, 7) is 9.43. The molecule has 2 atom stereocenters. The second-order valence-electron chi connectivity index (χ2n) is 5.88. The molecule has 1 heterocycles. The van der Waals surface area contributed by atoms with Crippen LogP contribution in [0.25, 0.3) is 0 Å². The molecular formula is C16H27N3O. The summed E-state index contributed by atoms with van der Waals surface area (Å²) < 4.78 is 5.73. The van der Waals surface area contributed by atoms with E-state index in [0.717, 1.165) is 37.6 Å². The Bertz CT molecular complexity index is 437. The second-order valence-corrected chi connectivity index (χ2v) is 5.88. The van der Waals surface area contributed by atoms with Crippen LogP contribution in [0.4, 0.5) is 11.4 Å². The van der Waals surface area contributed by atoms with Crippen molar-refractivity contribution in [3.05, 3.63) is 18.2 Å². The van der Waals surface area contributed by atoms with Crippen molar-refractivity contribution in [2.45, 2.75) is 39.3 Å². The number of nitrogens with zero attached hydrogens (tertiary/aromatic N) is 2. The number of piperazine rings is 1. The lowest BCUT2D eigenvalue weighted by Crippen LogP contribution is -2.55. The molecule has 0 saturated carbocycles. The molecule has 0 aliphatic carbocycles. The van der Waals surface area contributed by atoms with E-state index >= 15 is 0 Å². The first-order chi connectivity index (χ1) is 9.51. The third kappa shape index (κ3) is 3.37. The highest BCUT2D eigenvalue weighted by atomic mass is 16.5. The lowest BCUT2D eigenvalue weighted by molar-refractivity contribution is 0.170. The minimum absolute atomic E-state index is 0.542. The SMILES string of the molecule is CCCOc1cc(N)cc(N2CC(C)N(C)C(C)C2)c1. The summed E-state index contributed by atoms with van der Waals surface area (Å²) >= 11 is 0. The van der Waals surface area contributed by atoms with Crippen LogP contribution in [0.3, 0.4) is 0 Å². The zero-order valence-electron chi connectivity index (χ0n) is 13.1. The predicted molar refractivity (Wildman–Crippen MR) is 85.5 cm³/mol. The molecule has 4 heteroatoms. The minimum atomic E-state index is 0.542. The van der Waals surface area contributed by atoms with Crippen LogP contribution in [-0.2, 0) is 0 Å². The van der Waals surface area contributed by atoms with Gasteiger partial charge in [-0.05, 0) is 33.4 Å². The van der Waals surface area contributed by atoms with Gasteiger partial charge in [0.1, 0.15) is 5.75 Å². The molecular weight excluding hydrogens is 250 g/mol. The van der Waals surface area contributed by atoms with Crippen molar-refractivity contribution in [1.29, 1.82) is 0 Å². The summed E-state index contributed by atoms with van der Waals surface area (Å²) in [7, 11) is 2.20. The van der Waals surface area contributed by atoms with Gasteiger partial charge in [-0.1, -0.05) is 6.92 Å². The molecule has 2 unspecified atom stereocenters. The van der Waals surface area contributed by atoms with Crippen molar-refractivity contribution in [2.75, 3.05) is 37.4 Å². The van der Waals surface area contributed by atoms with Crippen LogP contribution in [0.1, 0.15) is 27.2 Å². The van der Waals surface area contributed by atoms with Crippen molar-refractivity contribution < 1.29 is 4.74 Å². The average Bonchev–Trinajstić information content (AvgIpc) is 2.41. The number of rotatable bonds is 4. The van der Waals surface area contributed by atoms with Crippen LogP contribution >= 0.6 is 0 Å². The van der Waals surface area contributed by atoms with Gasteiger partial charge in [-0.3, -0.25) is 4.90 Å². The smallest absolute Gasteiger partial charge is 0.123 e. The van der Waals surface area contributed by atoms with Gasteiger partial charge in [-0.25, -0.2) is 0 Å². The van der Waals surface area contributed by atoms with Crippen LogP contribution in [0.5, 0.6) is 5.75 Å². The number of likely N-dealkylation sites (N-methyl/N-ethyl adjacent to an activating group) is 1. The number of ether oxygens (including phenoxy) is 1. The van der Waals surface area contributed by atoms with E-state index in [4.69, 9.17) is 10.5 Å². The van der Waals surface area contributed by atoms with Gasteiger partial charge in [0.25, 0.3) is 0 Å². The zero-order chi connectivity index (χ0) is 14.7. The van der Waals surface area contributed by atoms with Crippen molar-refractivity contribution in [2.24, 2.45) is 0 Å². The molecule has 20 heavy (non-hydrogen) atoms. The first kappa shape index (κ1) is 15.0. The number of nitrogen functional groups attached to an aromatic ring is 1. The molecule has 1 aliphatic heterocycles. The van der Waals surface area contributed by atoms with Crippen molar-refractivity contribution in [1.82, 2.24) is 4.90 Å². The number of anilines is 2. The van der Waals surface area contributed by atoms with E-state index in [-0.39, 0.29) is 0 Å². The van der Waals surface area contributed by atoms with E-state index < -0.39 is 0 Å². The maximum atomic E-state index is 6.02. The largest absolute Gasteiger partial charge is 0.493 e. The zero-order valence-corrected chi connectivity index (χ0v) is 13.1. The molecule has 2 N–H and O–H groups in total. The maximum absolute atomic E-state index is 6.02. The van der Waals surface area contributed by atoms with Gasteiger partial charge in [0.2, 0.25) is 0 Å². The summed E-state index contributed by atoms with van der Waals surface area (Å²) in [5.41, 5.74) is 7.96. The van der Waals surface area contributed by atoms with Gasteiger partial charge >= 0.3 is 0 Å². The van der Waals surface area contributed by atoms with E-state index in [0.29, 0.717) is 12.1 Å². The molecule has 0 radical (unpaired) electrons. The Kier molecular flexibility index (Phi) is 4.76. The number of hydrogen-bond donors (Lipinski definition) is 1. The monoisotopic (exact) mass is 277 g/mol. The van der Waals surface area contributed by atoms with Gasteiger partial charge < -0.3 is 15.4 Å². The topological polar surface area (TPSA) is 41.7 Å². The Morgan fingerprint density at radius 1 is 1.20 bits per heavy atom. The summed E-state index contributed by atoms with van der Waals surface area (Å²) in [6.07, 6.45) is 1.01. The van der Waals surface area contributed by atoms with Crippen LogP contribution in [-0.4, -0.2) is 43.7 Å². The third-order valence-corrected chi connectivity index (χ3v) is 4.11. The molecule has 0 aromatic heterocycles. The van der Waals surface area contributed by atoms with E-state index in [9.17, 15) is 0 Å². The van der Waals surface area contributed by atoms with E-state index in [1.807, 2.05) is 12.1 Å². The van der Waals surface area contributed by atoms with Crippen molar-refractivity contribution >= 4 is 11.4 Å². The number of nitrogens with two attached hydrogens (primary N) is 1. The molecule has 1 aliphatic rings. The Morgan fingerprint density at radius 3 is 2.45 bits per heavy atom. The summed E-state index contributed by atoms with van der Waals surface area (Å²) in [5.74, 6) is 0.876. The number of benzene rings is 1. The highest BCUT2D eigenvalue weighted by Crippen LogP contribution is 2.28. The van der Waals surface area contributed by atoms with Crippen molar-refractivity contribution in [3.8, 4) is 5.75 Å². The first-order valence-corrected chi connectivity index (χ1v) is 7.51. The van der Waals surface area contributed by atoms with Gasteiger partial charge in [-0.15, -0.1) is 0 Å². The maximum Gasteiger partial charge on any atom is 0.123 e. The Hall–Kier alpha value is -1.42. The van der Waals surface area contributed by atoms with Gasteiger partial charge in [0.15, 0.2) is 0 Å². The predicted octanol–water partition coefficient (Wildman–Crippen LogP) is 2.59. The van der Waals surface area contributed by atoms with Gasteiger partial charge in [0.05, 0.1) is 6.61 Å². The molecule has 112 valence electrons. The number of hydrogen-bond acceptors (Lipinski definition) is 4. The lowest BCUT2D eigenvalue weighted by atomic mass is 10.1. The van der Waals surface area contributed by atoms with E-state index in [2.05, 4.69) is 43.7 Å². The molecule has 1 fully saturated rings. The normalized spacial score (nSPS) is 23.9. The molecule has 1 aromatic rings. The van der Waals surface area contributed by atoms with E-state index in [1.165, 1.54) is 5.69 Å². The standard InChI is InChI=1S/C16H27N3O/c1-5-6-20-16-8-14(17)7-15(9-16)19-10-12(2)18(4)13(3)11-19/h7-9,12-13H,5-6,10-11,17H2,1-4H3. The van der Waals surface area contributed by atoms with Crippen LogP contribution in [0.2, 0.25) is 0 Å². The molecule has 1 saturated heterocycles. The summed E-state index contributed by atoms with van der Waals surface area (Å²) in [5, 5.41) is 0. The van der Waals surface area contributed by atoms with E-state index in [1.54, 1.807) is 0 Å². The van der Waals surface area contributed by atoms with Gasteiger partial charge in [0, 0.05) is 48.7 Å². The fourth-order valence-electron chi connectivity index (χ4n) is 2.71. The van der Waals surface area contributed by atoms with Gasteiger partial charge in [-0.2, -0.15) is 0 Å². The highest BCUT2D eigenvalue weighted by molar-refractivity contribution is 5.61. The molecule has 4 nitrogen and oxygen atoms in total. The second kappa shape index (κ2) is 6.35. The average molecular weight is 277 g/mol. The fraction of sp³-hybridized carbons (Fsp3) is 0.625. The van der Waals surface area contributed by atoms with Crippen LogP contribution < -0.4 is 15.4 Å². The molecule has 0 spiro atoms. The minimum Gasteiger partial charge on any atom is -0.493 e. The lowest BCUT2D eigenvalue weighted by Gasteiger charge is -2.43.